The van der Waals surface area contributed by atoms with Crippen LogP contribution >= 0.6 is 0 Å². The number of rotatable bonds is 10. The summed E-state index contributed by atoms with van der Waals surface area (Å²) in [6, 6.07) is 19.2. The Morgan fingerprint density at radius 2 is 1.71 bits per heavy atom. The lowest BCUT2D eigenvalue weighted by Crippen LogP contribution is -2.27. The fourth-order valence-corrected chi connectivity index (χ4v) is 5.78. The molecule has 34 heavy (non-hydrogen) atoms. The maximum absolute atomic E-state index is 13.2. The molecule has 1 atom stereocenters. The molecule has 0 spiro atoms. The van der Waals surface area contributed by atoms with Crippen molar-refractivity contribution in [1.82, 2.24) is 4.98 Å². The number of nitrogens with zero attached hydrogens (tertiary/aromatic N) is 1. The molecule has 1 fully saturated rings. The first-order chi connectivity index (χ1) is 16.4. The molecule has 3 aromatic rings. The number of Topliss-reactive ketones (excluding diaryl/α,β-unsaturated/α-hetero) is 1. The van der Waals surface area contributed by atoms with E-state index in [0.717, 1.165) is 24.8 Å². The van der Waals surface area contributed by atoms with Gasteiger partial charge in [-0.05, 0) is 67.1 Å². The molecule has 4 rings (SSSR count). The summed E-state index contributed by atoms with van der Waals surface area (Å²) in [5.41, 5.74) is 1.92. The maximum Gasteiger partial charge on any atom is 0.228 e. The van der Waals surface area contributed by atoms with Crippen molar-refractivity contribution < 1.29 is 18.0 Å². The predicted octanol–water partition coefficient (Wildman–Crippen LogP) is 4.73. The molecule has 6 nitrogen and oxygen atoms in total. The molecule has 1 N–H and O–H groups in total. The van der Waals surface area contributed by atoms with Crippen LogP contribution in [-0.4, -0.2) is 30.8 Å². The van der Waals surface area contributed by atoms with Gasteiger partial charge in [0, 0.05) is 36.0 Å². The number of anilines is 1. The summed E-state index contributed by atoms with van der Waals surface area (Å²) in [6.45, 7) is 0. The molecule has 2 aromatic carbocycles. The first kappa shape index (κ1) is 23.8. The van der Waals surface area contributed by atoms with Crippen LogP contribution in [0.2, 0.25) is 0 Å². The Morgan fingerprint density at radius 3 is 2.32 bits per heavy atom. The number of pyridine rings is 1. The van der Waals surface area contributed by atoms with Gasteiger partial charge in [0.2, 0.25) is 5.91 Å². The molecule has 1 aliphatic rings. The van der Waals surface area contributed by atoms with Crippen molar-refractivity contribution in [3.8, 4) is 0 Å². The number of amides is 1. The zero-order valence-electron chi connectivity index (χ0n) is 18.9. The second-order valence-corrected chi connectivity index (χ2v) is 10.9. The first-order valence-corrected chi connectivity index (χ1v) is 13.2. The van der Waals surface area contributed by atoms with E-state index < -0.39 is 15.8 Å². The highest BCUT2D eigenvalue weighted by molar-refractivity contribution is 7.91. The second kappa shape index (κ2) is 10.7. The lowest BCUT2D eigenvalue weighted by molar-refractivity contribution is -0.119. The normalized spacial score (nSPS) is 14.7. The van der Waals surface area contributed by atoms with Gasteiger partial charge in [0.1, 0.15) is 0 Å². The van der Waals surface area contributed by atoms with Gasteiger partial charge in [-0.2, -0.15) is 0 Å². The van der Waals surface area contributed by atoms with E-state index in [0.29, 0.717) is 17.7 Å². The Morgan fingerprint density at radius 1 is 0.971 bits per heavy atom. The molecule has 0 unspecified atom stereocenters. The average molecular weight is 477 g/mol. The number of hydrogen-bond donors (Lipinski definition) is 1. The van der Waals surface area contributed by atoms with E-state index in [-0.39, 0.29) is 34.7 Å². The number of carbonyl (C=O) groups is 2. The molecular weight excluding hydrogens is 448 g/mol. The Hall–Kier alpha value is -3.32. The molecule has 7 heteroatoms. The molecule has 1 heterocycles. The van der Waals surface area contributed by atoms with Crippen molar-refractivity contribution >= 4 is 27.2 Å². The molecule has 0 aliphatic heterocycles. The van der Waals surface area contributed by atoms with Crippen LogP contribution in [0.4, 0.5) is 5.69 Å². The summed E-state index contributed by atoms with van der Waals surface area (Å²) >= 11 is 0. The molecule has 1 aliphatic carbocycles. The molecular formula is C27H28N2O4S. The van der Waals surface area contributed by atoms with E-state index in [1.54, 1.807) is 30.5 Å². The van der Waals surface area contributed by atoms with E-state index in [4.69, 9.17) is 0 Å². The Balaban J connectivity index is 1.46. The van der Waals surface area contributed by atoms with Crippen LogP contribution in [-0.2, 0) is 21.1 Å². The molecule has 0 bridgehead atoms. The van der Waals surface area contributed by atoms with Gasteiger partial charge in [-0.3, -0.25) is 14.6 Å². The summed E-state index contributed by atoms with van der Waals surface area (Å²) in [6.07, 6.45) is 6.58. The number of benzene rings is 2. The van der Waals surface area contributed by atoms with Crippen LogP contribution in [0.1, 0.15) is 41.6 Å². The van der Waals surface area contributed by atoms with Crippen molar-refractivity contribution in [3.63, 3.8) is 0 Å². The fraction of sp³-hybridized carbons (Fsp3) is 0.296. The number of carbonyl (C=O) groups excluding carboxylic acids is 2. The van der Waals surface area contributed by atoms with Gasteiger partial charge in [0.25, 0.3) is 0 Å². The summed E-state index contributed by atoms with van der Waals surface area (Å²) in [4.78, 5) is 30.2. The highest BCUT2D eigenvalue weighted by Gasteiger charge is 2.26. The van der Waals surface area contributed by atoms with Crippen LogP contribution in [0.15, 0.2) is 84.0 Å². The monoisotopic (exact) mass is 476 g/mol. The van der Waals surface area contributed by atoms with Gasteiger partial charge in [0.05, 0.1) is 10.6 Å². The largest absolute Gasteiger partial charge is 0.326 e. The number of sulfone groups is 1. The molecule has 1 aromatic heterocycles. The lowest BCUT2D eigenvalue weighted by atomic mass is 9.87. The minimum absolute atomic E-state index is 0.0419. The zero-order chi connectivity index (χ0) is 24.0. The van der Waals surface area contributed by atoms with Gasteiger partial charge >= 0.3 is 0 Å². The van der Waals surface area contributed by atoms with Crippen molar-refractivity contribution in [2.45, 2.75) is 37.0 Å². The van der Waals surface area contributed by atoms with Gasteiger partial charge in [-0.25, -0.2) is 8.42 Å². The van der Waals surface area contributed by atoms with Crippen LogP contribution in [0.25, 0.3) is 0 Å². The lowest BCUT2D eigenvalue weighted by Gasteiger charge is -2.24. The van der Waals surface area contributed by atoms with Crippen molar-refractivity contribution in [3.05, 3.63) is 90.3 Å². The summed E-state index contributed by atoms with van der Waals surface area (Å²) < 4.78 is 25.2. The van der Waals surface area contributed by atoms with Gasteiger partial charge in [-0.15, -0.1) is 0 Å². The Kier molecular flexibility index (Phi) is 7.53. The summed E-state index contributed by atoms with van der Waals surface area (Å²) in [5, 5.41) is 2.86. The van der Waals surface area contributed by atoms with Gasteiger partial charge in [-0.1, -0.05) is 36.8 Å². The molecule has 1 saturated carbocycles. The van der Waals surface area contributed by atoms with E-state index in [9.17, 15) is 18.0 Å². The highest BCUT2D eigenvalue weighted by Crippen LogP contribution is 2.30. The number of ketones is 1. The Labute approximate surface area is 200 Å². The van der Waals surface area contributed by atoms with Gasteiger partial charge < -0.3 is 5.32 Å². The smallest absolute Gasteiger partial charge is 0.228 e. The number of aromatic nitrogens is 1. The molecule has 0 saturated heterocycles. The van der Waals surface area contributed by atoms with E-state index in [1.807, 2.05) is 30.3 Å². The topological polar surface area (TPSA) is 93.2 Å². The quantitative estimate of drug-likeness (QED) is 0.427. The van der Waals surface area contributed by atoms with E-state index >= 15 is 0 Å². The third-order valence-electron chi connectivity index (χ3n) is 6.27. The van der Waals surface area contributed by atoms with Gasteiger partial charge in [0.15, 0.2) is 15.6 Å². The zero-order valence-corrected chi connectivity index (χ0v) is 19.7. The molecule has 0 radical (unpaired) electrons. The first-order valence-electron chi connectivity index (χ1n) is 11.5. The van der Waals surface area contributed by atoms with Crippen molar-refractivity contribution in [1.29, 1.82) is 0 Å². The van der Waals surface area contributed by atoms with Crippen LogP contribution in [0.3, 0.4) is 0 Å². The predicted molar refractivity (Wildman–Crippen MR) is 131 cm³/mol. The minimum atomic E-state index is -3.33. The maximum atomic E-state index is 13.2. The summed E-state index contributed by atoms with van der Waals surface area (Å²) in [5.74, 6) is -0.598. The minimum Gasteiger partial charge on any atom is -0.326 e. The third kappa shape index (κ3) is 6.17. The third-order valence-corrected chi connectivity index (χ3v) is 8.17. The van der Waals surface area contributed by atoms with E-state index in [2.05, 4.69) is 10.3 Å². The highest BCUT2D eigenvalue weighted by atomic mass is 32.2. The SMILES string of the molecule is O=C(C[C@@H](Cc1ccccc1)C(=O)Nc1ccc(S(=O)(=O)CC2CCC2)cc1)c1cccnc1. The van der Waals surface area contributed by atoms with Crippen LogP contribution < -0.4 is 5.32 Å². The Bertz CT molecular complexity index is 1220. The summed E-state index contributed by atoms with van der Waals surface area (Å²) in [7, 11) is -3.33. The second-order valence-electron chi connectivity index (χ2n) is 8.85. The van der Waals surface area contributed by atoms with Crippen molar-refractivity contribution in [2.75, 3.05) is 11.1 Å². The standard InChI is InChI=1S/C27H28N2O4S/c30-26(22-10-5-15-28-18-22)17-23(16-20-6-2-1-3-7-20)27(31)29-24-11-13-25(14-12-24)34(32,33)19-21-8-4-9-21/h1-3,5-7,10-15,18,21,23H,4,8-9,16-17,19H2,(H,29,31)/t23-/m1/s1. The average Bonchev–Trinajstić information content (AvgIpc) is 2.82. The molecule has 1 amide bonds. The number of nitrogens with one attached hydrogen (secondary N) is 1. The van der Waals surface area contributed by atoms with Crippen molar-refractivity contribution in [2.24, 2.45) is 11.8 Å². The van der Waals surface area contributed by atoms with Crippen LogP contribution in [0, 0.1) is 11.8 Å². The van der Waals surface area contributed by atoms with E-state index in [1.165, 1.54) is 18.3 Å². The molecule has 176 valence electrons. The number of hydrogen-bond acceptors (Lipinski definition) is 5. The van der Waals surface area contributed by atoms with Crippen LogP contribution in [0.5, 0.6) is 0 Å². The fourth-order valence-electron chi connectivity index (χ4n) is 4.08.